The molecule has 4 amide bonds. The Bertz CT molecular complexity index is 1390. The molecule has 0 bridgehead atoms. The summed E-state index contributed by atoms with van der Waals surface area (Å²) in [5.41, 5.74) is -2.23. The summed E-state index contributed by atoms with van der Waals surface area (Å²) in [7, 11) is -2.65. The van der Waals surface area contributed by atoms with Crippen LogP contribution in [0.5, 0.6) is 5.75 Å². The van der Waals surface area contributed by atoms with Crippen LogP contribution in [0.15, 0.2) is 41.4 Å². The molecular weight excluding hydrogens is 644 g/mol. The molecule has 14 heteroatoms. The van der Waals surface area contributed by atoms with E-state index in [0.29, 0.717) is 18.6 Å². The number of hydrogen-bond acceptors (Lipinski definition) is 8. The Labute approximate surface area is 260 Å². The largest absolute Gasteiger partial charge is 0.493 e. The number of rotatable bonds is 11. The van der Waals surface area contributed by atoms with Gasteiger partial charge >= 0.3 is 6.09 Å². The van der Waals surface area contributed by atoms with Gasteiger partial charge in [0.1, 0.15) is 23.4 Å². The topological polar surface area (TPSA) is 160 Å². The molecule has 12 nitrogen and oxygen atoms in total. The van der Waals surface area contributed by atoms with Crippen LogP contribution in [-0.4, -0.2) is 80.3 Å². The second-order valence-corrected chi connectivity index (χ2v) is 15.4. The molecule has 1 aliphatic heterocycles. The van der Waals surface area contributed by atoms with Crippen molar-refractivity contribution in [3.63, 3.8) is 0 Å². The maximum atomic E-state index is 14.0. The van der Waals surface area contributed by atoms with Gasteiger partial charge in [0, 0.05) is 22.9 Å². The molecule has 2 saturated carbocycles. The number of likely N-dealkylation sites (tertiary alicyclic amines) is 1. The summed E-state index contributed by atoms with van der Waals surface area (Å²) < 4.78 is 38.7. The Balaban J connectivity index is 1.57. The quantitative estimate of drug-likeness (QED) is 0.300. The fraction of sp³-hybridized carbons (Fsp3) is 0.586. The number of nitrogens with zero attached hydrogens (tertiary/aromatic N) is 1. The molecule has 3 aliphatic rings. The lowest BCUT2D eigenvalue weighted by Crippen LogP contribution is -2.60. The standard InChI is InChI=1S/C29H39BrN4O8S/c1-6-18-14-29(18,26(37)33-43(39,40)21-10-11-21)32-24(35)22-12-17(16-42-20-9-7-8-19(30)13-20)15-34(22)25(36)23(28(2,3)4)31-27(38)41-5/h6-9,13,17-18,21-23H,1,10-12,14-16H2,2-5H3,(H,31,38)(H,32,35)(H,33,37)/t17-,18-,22+,23-,29-/m1/s1. The second kappa shape index (κ2) is 12.5. The number of methoxy groups -OCH3 is 1. The van der Waals surface area contributed by atoms with Gasteiger partial charge in [0.25, 0.3) is 5.91 Å². The minimum absolute atomic E-state index is 0.153. The van der Waals surface area contributed by atoms with E-state index in [4.69, 9.17) is 9.47 Å². The lowest BCUT2D eigenvalue weighted by Gasteiger charge is -2.35. The fourth-order valence-corrected chi connectivity index (χ4v) is 7.06. The van der Waals surface area contributed by atoms with Gasteiger partial charge in [0.05, 0.1) is 19.0 Å². The first-order valence-corrected chi connectivity index (χ1v) is 16.5. The number of carbonyl (C=O) groups is 4. The van der Waals surface area contributed by atoms with Crippen molar-refractivity contribution < 1.29 is 37.1 Å². The lowest BCUT2D eigenvalue weighted by molar-refractivity contribution is -0.142. The number of ether oxygens (including phenoxy) is 2. The molecule has 1 aromatic carbocycles. The molecule has 1 heterocycles. The van der Waals surface area contributed by atoms with Crippen molar-refractivity contribution in [2.24, 2.45) is 17.3 Å². The highest BCUT2D eigenvalue weighted by Crippen LogP contribution is 2.45. The van der Waals surface area contributed by atoms with Crippen LogP contribution < -0.4 is 20.1 Å². The fourth-order valence-electron chi connectivity index (χ4n) is 5.32. The predicted molar refractivity (Wildman–Crippen MR) is 161 cm³/mol. The number of nitrogens with one attached hydrogen (secondary N) is 3. The third-order valence-electron chi connectivity index (χ3n) is 8.06. The highest BCUT2D eigenvalue weighted by molar-refractivity contribution is 9.10. The maximum absolute atomic E-state index is 14.0. The molecule has 0 aromatic heterocycles. The average molecular weight is 684 g/mol. The summed E-state index contributed by atoms with van der Waals surface area (Å²) >= 11 is 3.41. The van der Waals surface area contributed by atoms with Crippen molar-refractivity contribution in [3.05, 3.63) is 41.4 Å². The molecule has 1 saturated heterocycles. The van der Waals surface area contributed by atoms with Gasteiger partial charge < -0.3 is 25.0 Å². The van der Waals surface area contributed by atoms with Gasteiger partial charge in [-0.3, -0.25) is 19.1 Å². The van der Waals surface area contributed by atoms with Gasteiger partial charge in [-0.05, 0) is 49.3 Å². The van der Waals surface area contributed by atoms with Crippen LogP contribution in [0, 0.1) is 17.3 Å². The predicted octanol–water partition coefficient (Wildman–Crippen LogP) is 2.49. The van der Waals surface area contributed by atoms with Crippen LogP contribution in [0.4, 0.5) is 4.79 Å². The van der Waals surface area contributed by atoms with Crippen molar-refractivity contribution in [1.82, 2.24) is 20.3 Å². The molecule has 0 spiro atoms. The Hall–Kier alpha value is -3.13. The van der Waals surface area contributed by atoms with E-state index < -0.39 is 68.0 Å². The number of sulfonamides is 1. The van der Waals surface area contributed by atoms with Crippen LogP contribution in [0.1, 0.15) is 46.5 Å². The minimum Gasteiger partial charge on any atom is -0.493 e. The zero-order valence-electron chi connectivity index (χ0n) is 24.7. The summed E-state index contributed by atoms with van der Waals surface area (Å²) in [5, 5.41) is 4.75. The molecule has 1 aromatic rings. The summed E-state index contributed by atoms with van der Waals surface area (Å²) in [6, 6.07) is 5.25. The number of hydrogen-bond donors (Lipinski definition) is 3. The van der Waals surface area contributed by atoms with Crippen LogP contribution in [0.3, 0.4) is 0 Å². The first-order valence-electron chi connectivity index (χ1n) is 14.1. The minimum atomic E-state index is -3.85. The molecule has 0 radical (unpaired) electrons. The Morgan fingerprint density at radius 3 is 2.49 bits per heavy atom. The number of carbonyl (C=O) groups excluding carboxylic acids is 4. The molecule has 5 atom stereocenters. The van der Waals surface area contributed by atoms with Crippen molar-refractivity contribution in [3.8, 4) is 5.75 Å². The molecule has 236 valence electrons. The number of benzene rings is 1. The number of alkyl carbamates (subject to hydrolysis) is 1. The van der Waals surface area contributed by atoms with Gasteiger partial charge in [-0.1, -0.05) is 48.8 Å². The zero-order valence-corrected chi connectivity index (χ0v) is 27.1. The molecule has 3 N–H and O–H groups in total. The van der Waals surface area contributed by atoms with Gasteiger partial charge in [-0.25, -0.2) is 13.2 Å². The van der Waals surface area contributed by atoms with Crippen LogP contribution in [0.2, 0.25) is 0 Å². The molecule has 3 fully saturated rings. The first-order chi connectivity index (χ1) is 20.1. The van der Waals surface area contributed by atoms with Crippen LogP contribution in [0.25, 0.3) is 0 Å². The van der Waals surface area contributed by atoms with Gasteiger partial charge in [-0.2, -0.15) is 0 Å². The maximum Gasteiger partial charge on any atom is 0.407 e. The summed E-state index contributed by atoms with van der Waals surface area (Å²) in [6.45, 7) is 9.43. The zero-order chi connectivity index (χ0) is 31.7. The van der Waals surface area contributed by atoms with Crippen LogP contribution >= 0.6 is 15.9 Å². The van der Waals surface area contributed by atoms with Gasteiger partial charge in [0.15, 0.2) is 0 Å². The molecule has 4 rings (SSSR count). The molecule has 43 heavy (non-hydrogen) atoms. The smallest absolute Gasteiger partial charge is 0.407 e. The SMILES string of the molecule is C=C[C@@H]1C[C@]1(NC(=O)[C@@H]1C[C@@H](COc2cccc(Br)c2)CN1C(=O)[C@@H](NC(=O)OC)C(C)(C)C)C(=O)NS(=O)(=O)C1CC1. The monoisotopic (exact) mass is 682 g/mol. The van der Waals surface area contributed by atoms with Crippen molar-refractivity contribution in [1.29, 1.82) is 0 Å². The van der Waals surface area contributed by atoms with Crippen LogP contribution in [-0.2, 0) is 29.1 Å². The Morgan fingerprint density at radius 1 is 1.23 bits per heavy atom. The van der Waals surface area contributed by atoms with E-state index in [9.17, 15) is 27.6 Å². The summed E-state index contributed by atoms with van der Waals surface area (Å²) in [5.74, 6) is -2.04. The van der Waals surface area contributed by atoms with E-state index >= 15 is 0 Å². The average Bonchev–Trinajstić information content (AvgIpc) is 3.86. The van der Waals surface area contributed by atoms with Crippen molar-refractivity contribution >= 4 is 49.8 Å². The van der Waals surface area contributed by atoms with E-state index in [1.165, 1.54) is 18.1 Å². The number of halogens is 1. The van der Waals surface area contributed by atoms with Gasteiger partial charge in [-0.15, -0.1) is 6.58 Å². The highest BCUT2D eigenvalue weighted by atomic mass is 79.9. The van der Waals surface area contributed by atoms with E-state index in [-0.39, 0.29) is 31.9 Å². The van der Waals surface area contributed by atoms with E-state index in [0.717, 1.165) is 4.47 Å². The van der Waals surface area contributed by atoms with Crippen molar-refractivity contribution in [2.45, 2.75) is 69.3 Å². The highest BCUT2D eigenvalue weighted by Gasteiger charge is 2.62. The first kappa shape index (κ1) is 32.8. The number of amides is 4. The molecular formula is C29H39BrN4O8S. The summed E-state index contributed by atoms with van der Waals surface area (Å²) in [4.78, 5) is 54.6. The third kappa shape index (κ3) is 7.51. The second-order valence-electron chi connectivity index (χ2n) is 12.5. The molecule has 2 aliphatic carbocycles. The Kier molecular flexibility index (Phi) is 9.50. The summed E-state index contributed by atoms with van der Waals surface area (Å²) in [6.07, 6.45) is 2.07. The normalized spacial score (nSPS) is 25.7. The lowest BCUT2D eigenvalue weighted by atomic mass is 9.85. The third-order valence-corrected chi connectivity index (χ3v) is 10.4. The van der Waals surface area contributed by atoms with E-state index in [1.54, 1.807) is 32.9 Å². The van der Waals surface area contributed by atoms with Crippen molar-refractivity contribution in [2.75, 3.05) is 20.3 Å². The van der Waals surface area contributed by atoms with Gasteiger partial charge in [0.2, 0.25) is 21.8 Å². The van der Waals surface area contributed by atoms with E-state index in [2.05, 4.69) is 37.9 Å². The van der Waals surface area contributed by atoms with E-state index in [1.807, 2.05) is 12.1 Å². The molecule has 0 unspecified atom stereocenters. The Morgan fingerprint density at radius 2 is 1.93 bits per heavy atom.